The van der Waals surface area contributed by atoms with E-state index in [9.17, 15) is 0 Å². The molecular weight excluding hydrogens is 627 g/mol. The number of quaternary nitrogens is 2. The van der Waals surface area contributed by atoms with Gasteiger partial charge in [-0.05, 0) is 25.7 Å². The van der Waals surface area contributed by atoms with E-state index in [2.05, 4.69) is 27.9 Å². The second-order valence-electron chi connectivity index (χ2n) is 16.0. The number of hydrogen-bond acceptors (Lipinski definition) is 0. The minimum atomic E-state index is 0. The molecule has 0 unspecified atom stereocenters. The van der Waals surface area contributed by atoms with E-state index in [0.29, 0.717) is 0 Å². The van der Waals surface area contributed by atoms with Crippen LogP contribution in [0.3, 0.4) is 0 Å². The predicted octanol–water partition coefficient (Wildman–Crippen LogP) is 7.96. The van der Waals surface area contributed by atoms with Gasteiger partial charge in [-0.25, -0.2) is 0 Å². The van der Waals surface area contributed by atoms with Crippen LogP contribution < -0.4 is 30.1 Å². The van der Waals surface area contributed by atoms with Crippen LogP contribution in [-0.4, -0.2) is 45.8 Å². The van der Waals surface area contributed by atoms with Crippen LogP contribution in [0.2, 0.25) is 0 Å². The molecule has 0 fully saturated rings. The third-order valence-corrected chi connectivity index (χ3v) is 10.2. The number of unbranched alkanes of at least 4 members (excludes halogenated alkanes) is 34. The van der Waals surface area contributed by atoms with Crippen LogP contribution >= 0.6 is 0 Å². The van der Waals surface area contributed by atoms with E-state index in [1.54, 1.807) is 0 Å². The first-order valence-corrected chi connectivity index (χ1v) is 22.1. The zero-order valence-corrected chi connectivity index (χ0v) is 36.2. The van der Waals surface area contributed by atoms with Gasteiger partial charge >= 0.3 is 0 Å². The maximum atomic E-state index is 2.47. The summed E-state index contributed by atoms with van der Waals surface area (Å²) >= 11 is 0. The van der Waals surface area contributed by atoms with E-state index in [-0.39, 0.29) is 24.8 Å². The Morgan fingerprint density at radius 2 is 0.396 bits per heavy atom. The van der Waals surface area contributed by atoms with Gasteiger partial charge in [0.25, 0.3) is 0 Å². The van der Waals surface area contributed by atoms with Gasteiger partial charge in [-0.3, -0.25) is 0 Å². The Morgan fingerprint density at radius 1 is 0.271 bits per heavy atom. The first-order valence-electron chi connectivity index (χ1n) is 22.1. The summed E-state index contributed by atoms with van der Waals surface area (Å²) in [7, 11) is 8.95. The molecule has 0 bridgehead atoms. The lowest BCUT2D eigenvalue weighted by molar-refractivity contribution is -0.890. The molecule has 0 saturated heterocycles. The molecule has 4 heteroatoms. The lowest BCUT2D eigenvalue weighted by atomic mass is 10.0. The van der Waals surface area contributed by atoms with Crippen LogP contribution in [-0.2, 0) is 0 Å². The van der Waals surface area contributed by atoms with Crippen molar-refractivity contribution >= 4 is 0 Å². The molecular formula is C44H96Cl2N2. The Labute approximate surface area is 319 Å². The van der Waals surface area contributed by atoms with Gasteiger partial charge in [0, 0.05) is 0 Å². The Kier molecular flexibility index (Phi) is 57.1. The average molecular weight is 724 g/mol. The molecule has 2 N–H and O–H groups in total. The molecule has 296 valence electrons. The van der Waals surface area contributed by atoms with Crippen molar-refractivity contribution in [2.45, 2.75) is 245 Å². The Bertz CT molecular complexity index is 472. The van der Waals surface area contributed by atoms with Crippen molar-refractivity contribution in [1.29, 1.82) is 0 Å². The van der Waals surface area contributed by atoms with Crippen LogP contribution in [0.5, 0.6) is 0 Å². The zero-order chi connectivity index (χ0) is 34.1. The van der Waals surface area contributed by atoms with Crippen molar-refractivity contribution in [2.75, 3.05) is 41.3 Å². The third-order valence-electron chi connectivity index (χ3n) is 10.2. The fourth-order valence-corrected chi connectivity index (χ4v) is 6.99. The van der Waals surface area contributed by atoms with Crippen molar-refractivity contribution < 1.29 is 34.6 Å². The Morgan fingerprint density at radius 3 is 0.542 bits per heavy atom. The van der Waals surface area contributed by atoms with Gasteiger partial charge in [-0.1, -0.05) is 219 Å². The van der Waals surface area contributed by atoms with E-state index >= 15 is 0 Å². The molecule has 0 amide bonds. The molecule has 0 heterocycles. The quantitative estimate of drug-likeness (QED) is 0.0492. The molecule has 2 nitrogen and oxygen atoms in total. The SMILES string of the molecule is CCCCCCCCCCCCCCCCCCCC[N+](C)(C)CCCCCCCCCCCCCCCCCCCC.C[NH2+]C.[Cl-].[Cl-]. The summed E-state index contributed by atoms with van der Waals surface area (Å²) < 4.78 is 1.25. The Balaban J connectivity index is -0.00000186. The first kappa shape index (κ1) is 55.3. The molecule has 0 radical (unpaired) electrons. The largest absolute Gasteiger partial charge is 1.00 e. The topological polar surface area (TPSA) is 16.6 Å². The molecule has 0 aromatic rings. The summed E-state index contributed by atoms with van der Waals surface area (Å²) in [6.07, 6.45) is 52.9. The van der Waals surface area contributed by atoms with E-state index in [1.165, 1.54) is 249 Å². The normalized spacial score (nSPS) is 11.1. The van der Waals surface area contributed by atoms with Crippen molar-refractivity contribution in [3.8, 4) is 0 Å². The first-order chi connectivity index (χ1) is 22.5. The summed E-state index contributed by atoms with van der Waals surface area (Å²) in [5.41, 5.74) is 0. The van der Waals surface area contributed by atoms with Gasteiger partial charge < -0.3 is 34.6 Å². The highest BCUT2D eigenvalue weighted by Crippen LogP contribution is 2.17. The summed E-state index contributed by atoms with van der Waals surface area (Å²) in [5.74, 6) is 0. The molecule has 0 spiro atoms. The number of rotatable bonds is 38. The smallest absolute Gasteiger partial charge is 0.0782 e. The monoisotopic (exact) mass is 723 g/mol. The summed E-state index contributed by atoms with van der Waals surface area (Å²) in [5, 5.41) is 2.00. The molecule has 0 saturated carbocycles. The minimum absolute atomic E-state index is 0. The second-order valence-corrected chi connectivity index (χ2v) is 16.0. The number of nitrogens with zero attached hydrogens (tertiary/aromatic N) is 1. The molecule has 0 aliphatic carbocycles. The maximum absolute atomic E-state index is 2.47. The third kappa shape index (κ3) is 53.3. The highest BCUT2D eigenvalue weighted by molar-refractivity contribution is 4.53. The highest BCUT2D eigenvalue weighted by atomic mass is 35.5. The maximum Gasteiger partial charge on any atom is 0.0782 e. The molecule has 0 aromatic heterocycles. The number of nitrogens with two attached hydrogens (primary N) is 1. The van der Waals surface area contributed by atoms with Crippen LogP contribution in [0.25, 0.3) is 0 Å². The van der Waals surface area contributed by atoms with Crippen molar-refractivity contribution in [1.82, 2.24) is 0 Å². The molecule has 48 heavy (non-hydrogen) atoms. The van der Waals surface area contributed by atoms with E-state index < -0.39 is 0 Å². The van der Waals surface area contributed by atoms with Gasteiger partial charge in [0.15, 0.2) is 0 Å². The average Bonchev–Trinajstić information content (AvgIpc) is 3.04. The van der Waals surface area contributed by atoms with Crippen molar-refractivity contribution in [3.05, 3.63) is 0 Å². The fraction of sp³-hybridized carbons (Fsp3) is 1.00. The van der Waals surface area contributed by atoms with E-state index in [4.69, 9.17) is 0 Å². The fourth-order valence-electron chi connectivity index (χ4n) is 6.99. The van der Waals surface area contributed by atoms with Crippen molar-refractivity contribution in [3.63, 3.8) is 0 Å². The van der Waals surface area contributed by atoms with Crippen LogP contribution in [0.1, 0.15) is 245 Å². The lowest BCUT2D eigenvalue weighted by Crippen LogP contribution is -3.00. The van der Waals surface area contributed by atoms with Crippen molar-refractivity contribution in [2.24, 2.45) is 0 Å². The summed E-state index contributed by atoms with van der Waals surface area (Å²) in [6, 6.07) is 0. The number of hydrogen-bond donors (Lipinski definition) is 1. The van der Waals surface area contributed by atoms with Gasteiger partial charge in [0.2, 0.25) is 0 Å². The van der Waals surface area contributed by atoms with Crippen LogP contribution in [0.4, 0.5) is 0 Å². The van der Waals surface area contributed by atoms with Crippen LogP contribution in [0.15, 0.2) is 0 Å². The summed E-state index contributed by atoms with van der Waals surface area (Å²) in [6.45, 7) is 7.39. The van der Waals surface area contributed by atoms with Gasteiger partial charge in [-0.15, -0.1) is 0 Å². The second kappa shape index (κ2) is 49.6. The molecule has 0 rings (SSSR count). The predicted molar refractivity (Wildman–Crippen MR) is 213 cm³/mol. The van der Waals surface area contributed by atoms with Gasteiger partial charge in [0.1, 0.15) is 0 Å². The minimum Gasteiger partial charge on any atom is -1.00 e. The Hall–Kier alpha value is 0.500. The highest BCUT2D eigenvalue weighted by Gasteiger charge is 2.13. The van der Waals surface area contributed by atoms with Gasteiger partial charge in [0.05, 0.1) is 41.3 Å². The molecule has 0 aromatic carbocycles. The van der Waals surface area contributed by atoms with E-state index in [1.807, 2.05) is 19.4 Å². The standard InChI is InChI=1S/C42H88N.C2H7N.2ClH/c1-5-7-9-11-13-15-17-19-21-23-25-27-29-31-33-35-37-39-41-43(3,4)42-40-38-36-34-32-30-28-26-24-22-20-18-16-14-12-10-8-6-2;1-3-2;;/h5-42H2,1-4H3;3H,1-2H3;2*1H/q+1;;;/p-1. The number of halogens is 2. The lowest BCUT2D eigenvalue weighted by Gasteiger charge is -2.30. The molecule has 0 atom stereocenters. The molecule has 0 aliphatic heterocycles. The van der Waals surface area contributed by atoms with Crippen LogP contribution in [0, 0.1) is 0 Å². The summed E-state index contributed by atoms with van der Waals surface area (Å²) in [4.78, 5) is 0. The van der Waals surface area contributed by atoms with Gasteiger partial charge in [-0.2, -0.15) is 0 Å². The zero-order valence-electron chi connectivity index (χ0n) is 34.7. The molecule has 0 aliphatic rings. The van der Waals surface area contributed by atoms with E-state index in [0.717, 1.165) is 0 Å².